The van der Waals surface area contributed by atoms with Crippen molar-refractivity contribution in [2.45, 2.75) is 6.92 Å². The molecule has 2 nitrogen and oxygen atoms in total. The molecule has 0 bridgehead atoms. The molecule has 0 saturated carbocycles. The fourth-order valence-electron chi connectivity index (χ4n) is 1.56. The Morgan fingerprint density at radius 2 is 2.11 bits per heavy atom. The highest BCUT2D eigenvalue weighted by Gasteiger charge is 2.06. The molecule has 0 radical (unpaired) electrons. The van der Waals surface area contributed by atoms with Crippen molar-refractivity contribution < 1.29 is 5.11 Å². The van der Waals surface area contributed by atoms with Crippen LogP contribution in [0.1, 0.15) is 11.1 Å². The number of phenols is 1. The molecule has 0 heterocycles. The van der Waals surface area contributed by atoms with E-state index in [1.807, 2.05) is 37.3 Å². The van der Waals surface area contributed by atoms with Crippen LogP contribution in [0.4, 0.5) is 5.69 Å². The maximum atomic E-state index is 9.98. The SMILES string of the molecule is Cc1c(Cl)cccc1N=Cc1cc(Br)cc(I)c1O. The van der Waals surface area contributed by atoms with Gasteiger partial charge in [0.2, 0.25) is 0 Å². The normalized spacial score (nSPS) is 11.2. The summed E-state index contributed by atoms with van der Waals surface area (Å²) in [4.78, 5) is 4.39. The number of aliphatic imine (C=N–C) groups is 1. The molecule has 5 heteroatoms. The molecule has 0 spiro atoms. The summed E-state index contributed by atoms with van der Waals surface area (Å²) in [5.41, 5.74) is 2.38. The second-order valence-electron chi connectivity index (χ2n) is 3.97. The molecule has 0 amide bonds. The average molecular weight is 451 g/mol. The minimum atomic E-state index is 0.229. The van der Waals surface area contributed by atoms with Gasteiger partial charge >= 0.3 is 0 Å². The van der Waals surface area contributed by atoms with Gasteiger partial charge in [0.15, 0.2) is 0 Å². The topological polar surface area (TPSA) is 32.6 Å². The highest BCUT2D eigenvalue weighted by molar-refractivity contribution is 14.1. The lowest BCUT2D eigenvalue weighted by atomic mass is 10.2. The van der Waals surface area contributed by atoms with Crippen LogP contribution in [0.25, 0.3) is 0 Å². The van der Waals surface area contributed by atoms with Gasteiger partial charge in [0.1, 0.15) is 5.75 Å². The Bertz CT molecular complexity index is 658. The average Bonchev–Trinajstić information content (AvgIpc) is 2.36. The van der Waals surface area contributed by atoms with Crippen molar-refractivity contribution in [3.8, 4) is 5.75 Å². The fourth-order valence-corrected chi connectivity index (χ4v) is 3.28. The first-order valence-corrected chi connectivity index (χ1v) is 7.71. The first-order valence-electron chi connectivity index (χ1n) is 5.46. The van der Waals surface area contributed by atoms with E-state index in [2.05, 4.69) is 43.5 Å². The Balaban J connectivity index is 2.41. The van der Waals surface area contributed by atoms with Crippen molar-refractivity contribution >= 4 is 62.0 Å². The monoisotopic (exact) mass is 449 g/mol. The second-order valence-corrected chi connectivity index (χ2v) is 6.45. The number of rotatable bonds is 2. The number of nitrogens with zero attached hydrogens (tertiary/aromatic N) is 1. The van der Waals surface area contributed by atoms with Crippen LogP contribution in [0.3, 0.4) is 0 Å². The van der Waals surface area contributed by atoms with Gasteiger partial charge in [-0.1, -0.05) is 33.6 Å². The number of aromatic hydroxyl groups is 1. The lowest BCUT2D eigenvalue weighted by molar-refractivity contribution is 0.470. The Morgan fingerprint density at radius 1 is 1.37 bits per heavy atom. The largest absolute Gasteiger partial charge is 0.506 e. The molecule has 0 saturated heterocycles. The molecule has 2 aromatic rings. The summed E-state index contributed by atoms with van der Waals surface area (Å²) in [5.74, 6) is 0.229. The van der Waals surface area contributed by atoms with Crippen LogP contribution < -0.4 is 0 Å². The molecule has 98 valence electrons. The van der Waals surface area contributed by atoms with Crippen LogP contribution in [0.15, 0.2) is 39.8 Å². The van der Waals surface area contributed by atoms with E-state index < -0.39 is 0 Å². The summed E-state index contributed by atoms with van der Waals surface area (Å²) in [6.07, 6.45) is 1.64. The van der Waals surface area contributed by atoms with E-state index in [1.54, 1.807) is 6.21 Å². The van der Waals surface area contributed by atoms with E-state index in [-0.39, 0.29) is 5.75 Å². The molecular formula is C14H10BrClINO. The van der Waals surface area contributed by atoms with Crippen LogP contribution in [0, 0.1) is 10.5 Å². The Labute approximate surface area is 138 Å². The van der Waals surface area contributed by atoms with Crippen molar-refractivity contribution in [1.29, 1.82) is 0 Å². The summed E-state index contributed by atoms with van der Waals surface area (Å²) >= 11 is 11.5. The highest BCUT2D eigenvalue weighted by atomic mass is 127. The Hall–Kier alpha value is -0.590. The van der Waals surface area contributed by atoms with Crippen molar-refractivity contribution in [2.75, 3.05) is 0 Å². The van der Waals surface area contributed by atoms with Gasteiger partial charge in [0.05, 0.1) is 9.26 Å². The van der Waals surface area contributed by atoms with Crippen molar-refractivity contribution in [2.24, 2.45) is 4.99 Å². The molecule has 1 N–H and O–H groups in total. The predicted octanol–water partition coefficient (Wildman–Crippen LogP) is 5.47. The van der Waals surface area contributed by atoms with Crippen LogP contribution in [0.5, 0.6) is 5.75 Å². The zero-order valence-corrected chi connectivity index (χ0v) is 14.5. The summed E-state index contributed by atoms with van der Waals surface area (Å²) in [5, 5.41) is 10.7. The molecule has 2 aromatic carbocycles. The van der Waals surface area contributed by atoms with E-state index in [9.17, 15) is 5.11 Å². The zero-order valence-electron chi connectivity index (χ0n) is 9.99. The molecule has 19 heavy (non-hydrogen) atoms. The number of hydrogen-bond donors (Lipinski definition) is 1. The minimum Gasteiger partial charge on any atom is -0.506 e. The number of phenolic OH excluding ortho intramolecular Hbond substituents is 1. The molecule has 0 aliphatic carbocycles. The van der Waals surface area contributed by atoms with Gasteiger partial charge in [-0.2, -0.15) is 0 Å². The van der Waals surface area contributed by atoms with E-state index in [0.29, 0.717) is 10.6 Å². The molecule has 0 fully saturated rings. The predicted molar refractivity (Wildman–Crippen MR) is 92.0 cm³/mol. The van der Waals surface area contributed by atoms with Gasteiger partial charge < -0.3 is 5.11 Å². The van der Waals surface area contributed by atoms with Crippen LogP contribution >= 0.6 is 50.1 Å². The Kier molecular flexibility index (Phi) is 4.86. The molecule has 0 unspecified atom stereocenters. The molecule has 0 atom stereocenters. The molecule has 0 aliphatic rings. The molecular weight excluding hydrogens is 440 g/mol. The van der Waals surface area contributed by atoms with Gasteiger partial charge in [0, 0.05) is 21.3 Å². The van der Waals surface area contributed by atoms with Gasteiger partial charge in [0.25, 0.3) is 0 Å². The standard InChI is InChI=1S/C14H10BrClINO/c1-8-11(16)3-2-4-13(8)18-7-9-5-10(15)6-12(17)14(9)19/h2-7,19H,1H3. The number of benzene rings is 2. The summed E-state index contributed by atoms with van der Waals surface area (Å²) in [7, 11) is 0. The summed E-state index contributed by atoms with van der Waals surface area (Å²) in [6.45, 7) is 1.92. The maximum Gasteiger partial charge on any atom is 0.137 e. The molecule has 2 rings (SSSR count). The summed E-state index contributed by atoms with van der Waals surface area (Å²) < 4.78 is 1.68. The highest BCUT2D eigenvalue weighted by Crippen LogP contribution is 2.29. The third-order valence-electron chi connectivity index (χ3n) is 2.64. The Morgan fingerprint density at radius 3 is 2.84 bits per heavy atom. The third kappa shape index (κ3) is 3.49. The van der Waals surface area contributed by atoms with E-state index in [1.165, 1.54) is 0 Å². The van der Waals surface area contributed by atoms with Gasteiger partial charge in [-0.3, -0.25) is 4.99 Å². The summed E-state index contributed by atoms with van der Waals surface area (Å²) in [6, 6.07) is 9.23. The molecule has 0 aliphatic heterocycles. The van der Waals surface area contributed by atoms with E-state index >= 15 is 0 Å². The van der Waals surface area contributed by atoms with Crippen molar-refractivity contribution in [3.63, 3.8) is 0 Å². The lowest BCUT2D eigenvalue weighted by Gasteiger charge is -2.04. The van der Waals surface area contributed by atoms with Gasteiger partial charge in [-0.05, 0) is 59.3 Å². The quantitative estimate of drug-likeness (QED) is 0.478. The van der Waals surface area contributed by atoms with Crippen molar-refractivity contribution in [1.82, 2.24) is 0 Å². The fraction of sp³-hybridized carbons (Fsp3) is 0.0714. The number of hydrogen-bond acceptors (Lipinski definition) is 2. The first-order chi connectivity index (χ1) is 8.99. The maximum absolute atomic E-state index is 9.98. The third-order valence-corrected chi connectivity index (χ3v) is 4.33. The van der Waals surface area contributed by atoms with E-state index in [4.69, 9.17) is 11.6 Å². The van der Waals surface area contributed by atoms with Crippen LogP contribution in [-0.4, -0.2) is 11.3 Å². The van der Waals surface area contributed by atoms with E-state index in [0.717, 1.165) is 19.3 Å². The molecule has 0 aromatic heterocycles. The zero-order chi connectivity index (χ0) is 14.0. The van der Waals surface area contributed by atoms with Crippen molar-refractivity contribution in [3.05, 3.63) is 54.5 Å². The smallest absolute Gasteiger partial charge is 0.137 e. The van der Waals surface area contributed by atoms with Gasteiger partial charge in [-0.25, -0.2) is 0 Å². The van der Waals surface area contributed by atoms with Gasteiger partial charge in [-0.15, -0.1) is 0 Å². The van der Waals surface area contributed by atoms with Crippen LogP contribution in [-0.2, 0) is 0 Å². The second kappa shape index (κ2) is 6.24. The van der Waals surface area contributed by atoms with Crippen LogP contribution in [0.2, 0.25) is 5.02 Å². The number of halogens is 3. The first kappa shape index (κ1) is 14.8. The minimum absolute atomic E-state index is 0.229. The lowest BCUT2D eigenvalue weighted by Crippen LogP contribution is -1.86.